The molecular formula is C28H28F2N2O6. The van der Waals surface area contributed by atoms with Gasteiger partial charge in [-0.1, -0.05) is 36.4 Å². The van der Waals surface area contributed by atoms with Crippen LogP contribution in [0.2, 0.25) is 0 Å². The number of esters is 2. The first-order valence-electron chi connectivity index (χ1n) is 12.3. The molecule has 2 aliphatic heterocycles. The van der Waals surface area contributed by atoms with Gasteiger partial charge in [-0.15, -0.1) is 0 Å². The summed E-state index contributed by atoms with van der Waals surface area (Å²) in [6.07, 6.45) is 0. The van der Waals surface area contributed by atoms with Gasteiger partial charge in [-0.25, -0.2) is 8.78 Å². The fourth-order valence-corrected chi connectivity index (χ4v) is 6.90. The first-order chi connectivity index (χ1) is 18.0. The van der Waals surface area contributed by atoms with Gasteiger partial charge in [0.1, 0.15) is 34.3 Å². The van der Waals surface area contributed by atoms with Gasteiger partial charge in [-0.2, -0.15) is 0 Å². The number of methoxy groups -OCH3 is 2. The molecule has 8 atom stereocenters. The Morgan fingerprint density at radius 1 is 0.711 bits per heavy atom. The summed E-state index contributed by atoms with van der Waals surface area (Å²) in [5, 5.41) is 6.07. The molecule has 0 bridgehead atoms. The number of halogens is 2. The second-order valence-corrected chi connectivity index (χ2v) is 10.5. The van der Waals surface area contributed by atoms with Crippen molar-refractivity contribution in [1.82, 2.24) is 10.6 Å². The van der Waals surface area contributed by atoms with Gasteiger partial charge < -0.3 is 9.47 Å². The number of Topliss-reactive ketones (excluding diaryl/α,β-unsaturated/α-hetero) is 2. The fourth-order valence-electron chi connectivity index (χ4n) is 6.90. The van der Waals surface area contributed by atoms with Crippen molar-refractivity contribution >= 4 is 23.5 Å². The summed E-state index contributed by atoms with van der Waals surface area (Å²) in [6, 6.07) is 9.44. The Labute approximate surface area is 218 Å². The summed E-state index contributed by atoms with van der Waals surface area (Å²) >= 11 is 0. The van der Waals surface area contributed by atoms with Crippen molar-refractivity contribution in [3.8, 4) is 0 Å². The van der Waals surface area contributed by atoms with Gasteiger partial charge in [0.25, 0.3) is 0 Å². The number of carbonyl (C=O) groups excluding carboxylic acids is 4. The van der Waals surface area contributed by atoms with Crippen molar-refractivity contribution in [2.24, 2.45) is 23.7 Å². The predicted molar refractivity (Wildman–Crippen MR) is 129 cm³/mol. The number of nitrogens with one attached hydrogen (secondary N) is 2. The minimum atomic E-state index is -1.69. The molecule has 0 radical (unpaired) electrons. The fraction of sp³-hybridized carbons (Fsp3) is 0.429. The van der Waals surface area contributed by atoms with Crippen molar-refractivity contribution in [1.29, 1.82) is 0 Å². The zero-order valence-corrected chi connectivity index (χ0v) is 21.3. The molecule has 2 saturated heterocycles. The maximum absolute atomic E-state index is 15.0. The van der Waals surface area contributed by atoms with Crippen LogP contribution in [0.25, 0.3) is 0 Å². The van der Waals surface area contributed by atoms with Gasteiger partial charge in [0.05, 0.1) is 26.1 Å². The summed E-state index contributed by atoms with van der Waals surface area (Å²) in [6.45, 7) is 2.89. The Kier molecular flexibility index (Phi) is 6.23. The average molecular weight is 527 g/mol. The van der Waals surface area contributed by atoms with Crippen LogP contribution in [0.4, 0.5) is 8.78 Å². The molecule has 0 unspecified atom stereocenters. The molecule has 0 amide bonds. The van der Waals surface area contributed by atoms with Crippen LogP contribution in [0.15, 0.2) is 48.5 Å². The van der Waals surface area contributed by atoms with Gasteiger partial charge in [-0.05, 0) is 26.0 Å². The summed E-state index contributed by atoms with van der Waals surface area (Å²) < 4.78 is 40.0. The van der Waals surface area contributed by atoms with E-state index in [-0.39, 0.29) is 11.1 Å². The van der Waals surface area contributed by atoms with E-state index in [0.717, 1.165) is 14.2 Å². The summed E-state index contributed by atoms with van der Waals surface area (Å²) in [4.78, 5) is 55.0. The minimum absolute atomic E-state index is 0.103. The summed E-state index contributed by atoms with van der Waals surface area (Å²) in [5.41, 5.74) is -3.17. The van der Waals surface area contributed by atoms with Gasteiger partial charge in [0.2, 0.25) is 0 Å². The van der Waals surface area contributed by atoms with Crippen molar-refractivity contribution in [3.63, 3.8) is 0 Å². The molecule has 1 aliphatic carbocycles. The Hall–Kier alpha value is -3.50. The Bertz CT molecular complexity index is 1250. The third-order valence-electron chi connectivity index (χ3n) is 8.56. The number of hydrogen-bond donors (Lipinski definition) is 2. The molecule has 2 aromatic rings. The monoisotopic (exact) mass is 526 g/mol. The van der Waals surface area contributed by atoms with Crippen molar-refractivity contribution in [2.75, 3.05) is 14.2 Å². The first-order valence-corrected chi connectivity index (χ1v) is 12.3. The van der Waals surface area contributed by atoms with Gasteiger partial charge in [0, 0.05) is 35.0 Å². The van der Waals surface area contributed by atoms with E-state index in [4.69, 9.17) is 9.47 Å². The second-order valence-electron chi connectivity index (χ2n) is 10.5. The number of carbonyl (C=O) groups is 4. The van der Waals surface area contributed by atoms with Crippen LogP contribution in [0.1, 0.15) is 37.1 Å². The molecule has 8 nitrogen and oxygen atoms in total. The molecule has 2 heterocycles. The maximum Gasteiger partial charge on any atom is 0.326 e. The van der Waals surface area contributed by atoms with E-state index in [1.807, 2.05) is 0 Å². The number of fused-ring (bicyclic) bond motifs is 2. The molecule has 38 heavy (non-hydrogen) atoms. The average Bonchev–Trinajstić information content (AvgIpc) is 3.41. The largest absolute Gasteiger partial charge is 0.468 e. The van der Waals surface area contributed by atoms with E-state index in [9.17, 15) is 19.2 Å². The third kappa shape index (κ3) is 3.46. The first kappa shape index (κ1) is 26.1. The van der Waals surface area contributed by atoms with E-state index >= 15 is 8.78 Å². The molecule has 200 valence electrons. The predicted octanol–water partition coefficient (Wildman–Crippen LogP) is 2.43. The number of hydrogen-bond acceptors (Lipinski definition) is 8. The molecule has 10 heteroatoms. The lowest BCUT2D eigenvalue weighted by Crippen LogP contribution is -2.60. The van der Waals surface area contributed by atoms with E-state index in [1.165, 1.54) is 50.2 Å². The highest BCUT2D eigenvalue weighted by molar-refractivity contribution is 6.08. The Morgan fingerprint density at radius 3 is 1.37 bits per heavy atom. The number of rotatable bonds is 4. The lowest BCUT2D eigenvalue weighted by molar-refractivity contribution is -0.160. The molecule has 0 aromatic heterocycles. The Morgan fingerprint density at radius 2 is 1.05 bits per heavy atom. The Balaban J connectivity index is 1.72. The van der Waals surface area contributed by atoms with Crippen LogP contribution < -0.4 is 10.6 Å². The van der Waals surface area contributed by atoms with Crippen LogP contribution in [0, 0.1) is 35.3 Å². The standard InChI is InChI=1S/C28H28F2N2O6/c1-27(25(35)37-3)19-17(21(31-27)13-9-5-7-11-15(13)29)24(34)20-18(23(19)33)22(14-10-6-8-12-16(14)30)32-28(20,2)26(36)38-4/h5-12,17-22,31-32H,1-4H3/t17-,18+,19-,20+,21-,22+,27-,28+. The smallest absolute Gasteiger partial charge is 0.326 e. The molecule has 3 fully saturated rings. The van der Waals surface area contributed by atoms with Crippen molar-refractivity contribution < 1.29 is 37.4 Å². The number of ketones is 2. The van der Waals surface area contributed by atoms with Crippen LogP contribution in [0.5, 0.6) is 0 Å². The van der Waals surface area contributed by atoms with Crippen molar-refractivity contribution in [3.05, 3.63) is 71.3 Å². The SMILES string of the molecule is COC(=O)[C@]1(C)N[C@H](c2ccccc2F)[C@@H]2C(=O)[C@@H]3[C@H](C(=O)[C@@H]21)[C@H](c1ccccc1F)N[C@]3(C)C(=O)OC. The zero-order chi connectivity index (χ0) is 27.6. The molecule has 0 spiro atoms. The quantitative estimate of drug-likeness (QED) is 0.585. The lowest BCUT2D eigenvalue weighted by Gasteiger charge is -2.41. The highest BCUT2D eigenvalue weighted by Gasteiger charge is 2.72. The third-order valence-corrected chi connectivity index (χ3v) is 8.56. The molecule has 5 rings (SSSR count). The van der Waals surface area contributed by atoms with E-state index in [2.05, 4.69) is 10.6 Å². The van der Waals surface area contributed by atoms with Gasteiger partial charge in [0.15, 0.2) is 0 Å². The van der Waals surface area contributed by atoms with Crippen molar-refractivity contribution in [2.45, 2.75) is 37.0 Å². The zero-order valence-electron chi connectivity index (χ0n) is 21.3. The molecule has 2 N–H and O–H groups in total. The maximum atomic E-state index is 15.0. The van der Waals surface area contributed by atoms with Crippen LogP contribution >= 0.6 is 0 Å². The van der Waals surface area contributed by atoms with E-state index in [1.54, 1.807) is 12.1 Å². The van der Waals surface area contributed by atoms with Gasteiger partial charge in [-0.3, -0.25) is 29.8 Å². The summed E-state index contributed by atoms with van der Waals surface area (Å²) in [7, 11) is 2.32. The molecule has 3 aliphatic rings. The van der Waals surface area contributed by atoms with E-state index < -0.39 is 82.0 Å². The lowest BCUT2D eigenvalue weighted by atomic mass is 9.58. The summed E-state index contributed by atoms with van der Waals surface area (Å²) in [5.74, 6) is -8.79. The van der Waals surface area contributed by atoms with Crippen LogP contribution in [-0.4, -0.2) is 48.8 Å². The second kappa shape index (κ2) is 9.06. The highest BCUT2D eigenvalue weighted by atomic mass is 19.1. The topological polar surface area (TPSA) is 111 Å². The molecule has 1 saturated carbocycles. The number of ether oxygens (including phenoxy) is 2. The van der Waals surface area contributed by atoms with Crippen LogP contribution in [0.3, 0.4) is 0 Å². The van der Waals surface area contributed by atoms with Gasteiger partial charge >= 0.3 is 11.9 Å². The van der Waals surface area contributed by atoms with Crippen LogP contribution in [-0.2, 0) is 28.7 Å². The molecular weight excluding hydrogens is 498 g/mol. The highest BCUT2D eigenvalue weighted by Crippen LogP contribution is 2.57. The number of benzene rings is 2. The molecule has 2 aromatic carbocycles. The minimum Gasteiger partial charge on any atom is -0.468 e. The van der Waals surface area contributed by atoms with E-state index in [0.29, 0.717) is 0 Å². The normalized spacial score (nSPS) is 35.9.